The molecule has 58 valence electrons. The molecule has 3 nitrogen and oxygen atoms in total. The highest BCUT2D eigenvalue weighted by Gasteiger charge is 2.01. The van der Waals surface area contributed by atoms with Crippen LogP contribution in [0.3, 0.4) is 0 Å². The van der Waals surface area contributed by atoms with Crippen LogP contribution in [0, 0.1) is 18.3 Å². The highest BCUT2D eigenvalue weighted by atomic mass is 16.4. The minimum Gasteiger partial charge on any atom is -0.446 e. The predicted molar refractivity (Wildman–Crippen MR) is 42.1 cm³/mol. The molecule has 1 atom stereocenters. The van der Waals surface area contributed by atoms with Crippen LogP contribution >= 0.6 is 0 Å². The van der Waals surface area contributed by atoms with Crippen LogP contribution in [0.1, 0.15) is 12.7 Å². The van der Waals surface area contributed by atoms with E-state index in [1.165, 1.54) is 0 Å². The van der Waals surface area contributed by atoms with Gasteiger partial charge in [-0.2, -0.15) is 5.26 Å². The third kappa shape index (κ3) is 2.01. The molecule has 0 aliphatic carbocycles. The van der Waals surface area contributed by atoms with Crippen molar-refractivity contribution in [1.82, 2.24) is 0 Å². The number of nitriles is 1. The number of nitrogens with one attached hydrogen (secondary N) is 1. The van der Waals surface area contributed by atoms with E-state index < -0.39 is 0 Å². The van der Waals surface area contributed by atoms with Crippen molar-refractivity contribution in [1.29, 1.82) is 5.26 Å². The van der Waals surface area contributed by atoms with E-state index in [0.717, 1.165) is 5.76 Å². The van der Waals surface area contributed by atoms with Crippen LogP contribution in [-0.4, -0.2) is 6.04 Å². The fraction of sp³-hybridized carbons (Fsp3) is 0.375. The molecule has 1 rings (SSSR count). The van der Waals surface area contributed by atoms with Crippen molar-refractivity contribution in [3.8, 4) is 6.07 Å². The average Bonchev–Trinajstić information content (AvgIpc) is 2.35. The fourth-order valence-corrected chi connectivity index (χ4v) is 0.758. The summed E-state index contributed by atoms with van der Waals surface area (Å²) in [7, 11) is 0. The van der Waals surface area contributed by atoms with E-state index in [2.05, 4.69) is 11.4 Å². The Balaban J connectivity index is 2.59. The summed E-state index contributed by atoms with van der Waals surface area (Å²) < 4.78 is 5.19. The van der Waals surface area contributed by atoms with Crippen molar-refractivity contribution >= 4 is 5.88 Å². The highest BCUT2D eigenvalue weighted by Crippen LogP contribution is 2.12. The lowest BCUT2D eigenvalue weighted by atomic mass is 10.4. The Morgan fingerprint density at radius 2 is 2.36 bits per heavy atom. The molecule has 0 radical (unpaired) electrons. The summed E-state index contributed by atoms with van der Waals surface area (Å²) in [6.07, 6.45) is 0. The smallest absolute Gasteiger partial charge is 0.194 e. The first kappa shape index (κ1) is 7.67. The molecule has 1 N–H and O–H groups in total. The van der Waals surface area contributed by atoms with Crippen LogP contribution in [0.25, 0.3) is 0 Å². The van der Waals surface area contributed by atoms with Crippen LogP contribution in [0.15, 0.2) is 16.5 Å². The van der Waals surface area contributed by atoms with Crippen molar-refractivity contribution in [2.75, 3.05) is 5.32 Å². The van der Waals surface area contributed by atoms with Crippen LogP contribution < -0.4 is 5.32 Å². The van der Waals surface area contributed by atoms with Gasteiger partial charge in [0.2, 0.25) is 0 Å². The lowest BCUT2D eigenvalue weighted by Crippen LogP contribution is -2.10. The second-order valence-corrected chi connectivity index (χ2v) is 2.41. The third-order valence-corrected chi connectivity index (χ3v) is 1.29. The number of hydrogen-bond acceptors (Lipinski definition) is 3. The second kappa shape index (κ2) is 3.11. The molecule has 0 aromatic carbocycles. The topological polar surface area (TPSA) is 49.0 Å². The summed E-state index contributed by atoms with van der Waals surface area (Å²) in [5.74, 6) is 1.49. The predicted octanol–water partition coefficient (Wildman–Crippen LogP) is 1.91. The molecule has 0 saturated heterocycles. The van der Waals surface area contributed by atoms with Crippen LogP contribution in [0.2, 0.25) is 0 Å². The lowest BCUT2D eigenvalue weighted by Gasteiger charge is -2.01. The lowest BCUT2D eigenvalue weighted by molar-refractivity contribution is 0.544. The van der Waals surface area contributed by atoms with Gasteiger partial charge < -0.3 is 9.73 Å². The molecule has 11 heavy (non-hydrogen) atoms. The summed E-state index contributed by atoms with van der Waals surface area (Å²) in [5, 5.41) is 11.3. The molecule has 0 spiro atoms. The highest BCUT2D eigenvalue weighted by molar-refractivity contribution is 5.34. The molecule has 1 heterocycles. The van der Waals surface area contributed by atoms with Gasteiger partial charge in [0.25, 0.3) is 0 Å². The summed E-state index contributed by atoms with van der Waals surface area (Å²) >= 11 is 0. The first-order valence-corrected chi connectivity index (χ1v) is 3.45. The van der Waals surface area contributed by atoms with E-state index in [1.54, 1.807) is 6.92 Å². The van der Waals surface area contributed by atoms with Gasteiger partial charge in [0.15, 0.2) is 5.88 Å². The molecule has 0 fully saturated rings. The van der Waals surface area contributed by atoms with Crippen LogP contribution in [0.5, 0.6) is 0 Å². The molecule has 1 unspecified atom stereocenters. The summed E-state index contributed by atoms with van der Waals surface area (Å²) in [6.45, 7) is 3.64. The molecule has 1 aromatic heterocycles. The molecular formula is C8H10N2O. The first-order chi connectivity index (χ1) is 5.22. The van der Waals surface area contributed by atoms with E-state index >= 15 is 0 Å². The molecule has 0 amide bonds. The zero-order valence-corrected chi connectivity index (χ0v) is 6.59. The van der Waals surface area contributed by atoms with Crippen molar-refractivity contribution in [3.63, 3.8) is 0 Å². The molecule has 1 aromatic rings. The van der Waals surface area contributed by atoms with Crippen molar-refractivity contribution < 1.29 is 4.42 Å². The minimum atomic E-state index is -0.208. The Bertz CT molecular complexity index is 272. The van der Waals surface area contributed by atoms with Gasteiger partial charge in [0.05, 0.1) is 6.07 Å². The van der Waals surface area contributed by atoms with Gasteiger partial charge in [-0.3, -0.25) is 0 Å². The molecule has 0 bridgehead atoms. The number of furan rings is 1. The molecule has 0 aliphatic heterocycles. The largest absolute Gasteiger partial charge is 0.446 e. The zero-order chi connectivity index (χ0) is 8.27. The third-order valence-electron chi connectivity index (χ3n) is 1.29. The Labute approximate surface area is 65.6 Å². The van der Waals surface area contributed by atoms with Crippen LogP contribution in [-0.2, 0) is 0 Å². The maximum absolute atomic E-state index is 8.45. The molecular weight excluding hydrogens is 140 g/mol. The number of aryl methyl sites for hydroxylation is 1. The second-order valence-electron chi connectivity index (χ2n) is 2.41. The Morgan fingerprint density at radius 3 is 2.82 bits per heavy atom. The van der Waals surface area contributed by atoms with Crippen molar-refractivity contribution in [3.05, 3.63) is 17.9 Å². The minimum absolute atomic E-state index is 0.208. The number of rotatable bonds is 2. The van der Waals surface area contributed by atoms with Gasteiger partial charge in [-0.25, -0.2) is 0 Å². The van der Waals surface area contributed by atoms with Gasteiger partial charge in [0, 0.05) is 6.07 Å². The maximum atomic E-state index is 8.45. The zero-order valence-electron chi connectivity index (χ0n) is 6.59. The van der Waals surface area contributed by atoms with E-state index in [-0.39, 0.29) is 6.04 Å². The number of anilines is 1. The van der Waals surface area contributed by atoms with E-state index in [9.17, 15) is 0 Å². The van der Waals surface area contributed by atoms with Gasteiger partial charge in [0.1, 0.15) is 11.8 Å². The summed E-state index contributed by atoms with van der Waals surface area (Å²) in [6, 6.07) is 5.51. The van der Waals surface area contributed by atoms with Gasteiger partial charge in [-0.1, -0.05) is 0 Å². The summed E-state index contributed by atoms with van der Waals surface area (Å²) in [5.41, 5.74) is 0. The van der Waals surface area contributed by atoms with Gasteiger partial charge in [-0.05, 0) is 19.9 Å². The van der Waals surface area contributed by atoms with Gasteiger partial charge in [-0.15, -0.1) is 0 Å². The standard InChI is InChI=1S/C8H10N2O/c1-6(5-9)10-8-4-3-7(2)11-8/h3-4,6,10H,1-2H3. The Hall–Kier alpha value is -1.43. The Morgan fingerprint density at radius 1 is 1.64 bits per heavy atom. The quantitative estimate of drug-likeness (QED) is 0.700. The van der Waals surface area contributed by atoms with Crippen molar-refractivity contribution in [2.45, 2.75) is 19.9 Å². The monoisotopic (exact) mass is 150 g/mol. The number of nitrogens with zero attached hydrogens (tertiary/aromatic N) is 1. The van der Waals surface area contributed by atoms with E-state index in [0.29, 0.717) is 5.88 Å². The summed E-state index contributed by atoms with van der Waals surface area (Å²) in [4.78, 5) is 0. The fourth-order valence-electron chi connectivity index (χ4n) is 0.758. The van der Waals surface area contributed by atoms with Gasteiger partial charge >= 0.3 is 0 Å². The van der Waals surface area contributed by atoms with Crippen LogP contribution in [0.4, 0.5) is 5.88 Å². The normalized spacial score (nSPS) is 12.1. The first-order valence-electron chi connectivity index (χ1n) is 3.45. The van der Waals surface area contributed by atoms with E-state index in [1.807, 2.05) is 19.1 Å². The maximum Gasteiger partial charge on any atom is 0.194 e. The average molecular weight is 150 g/mol. The Kier molecular flexibility index (Phi) is 2.17. The van der Waals surface area contributed by atoms with Crippen molar-refractivity contribution in [2.24, 2.45) is 0 Å². The van der Waals surface area contributed by atoms with E-state index in [4.69, 9.17) is 9.68 Å². The number of hydrogen-bond donors (Lipinski definition) is 1. The SMILES string of the molecule is Cc1ccc(NC(C)C#N)o1. The molecule has 0 saturated carbocycles. The molecule has 3 heteroatoms. The molecule has 0 aliphatic rings.